The summed E-state index contributed by atoms with van der Waals surface area (Å²) in [5.41, 5.74) is 25.4. The molecule has 0 amide bonds. The van der Waals surface area contributed by atoms with Gasteiger partial charge in [-0.05, 0) is 193 Å². The maximum absolute atomic E-state index is 2.84. The van der Waals surface area contributed by atoms with Crippen molar-refractivity contribution in [2.45, 2.75) is 187 Å². The second-order valence-electron chi connectivity index (χ2n) is 27.9. The van der Waals surface area contributed by atoms with E-state index in [0.717, 1.165) is 0 Å². The van der Waals surface area contributed by atoms with Crippen LogP contribution < -0.4 is 25.5 Å². The number of nitrogens with zero attached hydrogens (tertiary/aromatic N) is 2. The number of fused-ring (bicyclic) bond motifs is 9. The van der Waals surface area contributed by atoms with E-state index in [1.807, 2.05) is 0 Å². The maximum Gasteiger partial charge on any atom is 0.264 e. The van der Waals surface area contributed by atoms with Crippen LogP contribution in [0.3, 0.4) is 0 Å². The first kappa shape index (κ1) is 47.0. The van der Waals surface area contributed by atoms with Crippen molar-refractivity contribution < 1.29 is 0 Å². The summed E-state index contributed by atoms with van der Waals surface area (Å²) in [6, 6.07) is 42.2. The van der Waals surface area contributed by atoms with Gasteiger partial charge < -0.3 is 9.80 Å². The minimum atomic E-state index is -0.122. The molecule has 1 saturated carbocycles. The van der Waals surface area contributed by atoms with Crippen molar-refractivity contribution in [3.05, 3.63) is 148 Å². The number of hydrogen-bond donors (Lipinski definition) is 0. The Morgan fingerprint density at radius 2 is 1.01 bits per heavy atom. The molecule has 2 bridgehead atoms. The lowest BCUT2D eigenvalue weighted by atomic mass is 9.36. The van der Waals surface area contributed by atoms with Gasteiger partial charge in [-0.1, -0.05) is 158 Å². The van der Waals surface area contributed by atoms with E-state index in [1.165, 1.54) is 143 Å². The van der Waals surface area contributed by atoms with Crippen LogP contribution in [0, 0.1) is 6.92 Å². The first-order chi connectivity index (χ1) is 33.2. The normalized spacial score (nSPS) is 21.7. The largest absolute Gasteiger partial charge is 0.311 e. The van der Waals surface area contributed by atoms with Crippen molar-refractivity contribution in [2.75, 3.05) is 9.80 Å². The van der Waals surface area contributed by atoms with Crippen LogP contribution in [0.5, 0.6) is 0 Å². The average Bonchev–Trinajstić information content (AvgIpc) is 3.68. The average molecular weight is 953 g/mol. The molecule has 4 aliphatic carbocycles. The first-order valence-corrected chi connectivity index (χ1v) is 27.9. The van der Waals surface area contributed by atoms with Crippen molar-refractivity contribution in [3.8, 4) is 11.1 Å². The van der Waals surface area contributed by atoms with Crippen molar-refractivity contribution in [3.63, 3.8) is 0 Å². The Bertz CT molecular complexity index is 3370. The molecule has 0 spiro atoms. The van der Waals surface area contributed by atoms with Gasteiger partial charge in [-0.3, -0.25) is 0 Å². The van der Waals surface area contributed by atoms with Gasteiger partial charge in [0.15, 0.2) is 0 Å². The number of rotatable bonds is 3. The van der Waals surface area contributed by atoms with Gasteiger partial charge in [0.1, 0.15) is 0 Å². The molecule has 0 N–H and O–H groups in total. The predicted octanol–water partition coefficient (Wildman–Crippen LogP) is 17.3. The fraction of sp³-hybridized carbons (Fsp3) is 0.433. The third kappa shape index (κ3) is 6.98. The Labute approximate surface area is 431 Å². The van der Waals surface area contributed by atoms with Gasteiger partial charge in [0.25, 0.3) is 6.71 Å². The summed E-state index contributed by atoms with van der Waals surface area (Å²) < 4.78 is 2.91. The van der Waals surface area contributed by atoms with Gasteiger partial charge in [0.2, 0.25) is 0 Å². The molecule has 0 saturated heterocycles. The number of hydrogen-bond acceptors (Lipinski definition) is 3. The van der Waals surface area contributed by atoms with Gasteiger partial charge in [-0.15, -0.1) is 11.3 Å². The topological polar surface area (TPSA) is 6.48 Å². The molecule has 1 aromatic heterocycles. The zero-order chi connectivity index (χ0) is 50.3. The lowest BCUT2D eigenvalue weighted by Gasteiger charge is -2.52. The zero-order valence-electron chi connectivity index (χ0n) is 45.9. The van der Waals surface area contributed by atoms with Crippen molar-refractivity contribution in [1.82, 2.24) is 0 Å². The van der Waals surface area contributed by atoms with Crippen molar-refractivity contribution in [2.24, 2.45) is 0 Å². The smallest absolute Gasteiger partial charge is 0.264 e. The SMILES string of the molecule is Cc1cc(C(C)(C)C)ccc1N1c2ccc(C(C)(C)C)cc2B2c3sc4cc5c(cc4c3N(c3cc4c(cc3-c3ccccc3)C(C)(C)CCC4(C)C)c3cc(C(C)(C)C)cc1c32)C1(C)CCC5(C)CC1. The molecular weight excluding hydrogens is 876 g/mol. The molecule has 1 fully saturated rings. The van der Waals surface area contributed by atoms with Crippen LogP contribution in [-0.4, -0.2) is 6.71 Å². The Morgan fingerprint density at radius 1 is 0.479 bits per heavy atom. The lowest BCUT2D eigenvalue weighted by molar-refractivity contribution is 0.188. The number of aryl methyl sites for hydroxylation is 1. The molecule has 364 valence electrons. The van der Waals surface area contributed by atoms with E-state index in [9.17, 15) is 0 Å². The standard InChI is InChI=1S/C67H77BN2S/c1-40-32-42(61(2,3)4)22-24-52(40)69-53-25-23-43(62(5,6)7)33-51(53)68-58-55(69)34-44(63(8,9)10)35-56(58)70(59-46-37-49-50(39-57(46)71-60(59)68)67(16)30-28-66(49,15)29-31-67)54-38-48-47(64(11,12)26-27-65(48,13)14)36-45(54)41-20-18-17-19-21-41/h17-25,32-39H,26-31H2,1-16H3. The van der Waals surface area contributed by atoms with Crippen LogP contribution in [0.2, 0.25) is 0 Å². The molecule has 13 rings (SSSR count). The number of benzene rings is 6. The van der Waals surface area contributed by atoms with Crippen LogP contribution in [0.15, 0.2) is 103 Å². The van der Waals surface area contributed by atoms with E-state index >= 15 is 0 Å². The van der Waals surface area contributed by atoms with Crippen LogP contribution in [0.25, 0.3) is 21.2 Å². The number of thiophene rings is 1. The molecule has 71 heavy (non-hydrogen) atoms. The highest BCUT2D eigenvalue weighted by molar-refractivity contribution is 7.33. The van der Waals surface area contributed by atoms with E-state index in [-0.39, 0.29) is 44.6 Å². The Kier molecular flexibility index (Phi) is 9.94. The van der Waals surface area contributed by atoms with Gasteiger partial charge in [-0.25, -0.2) is 0 Å². The molecule has 2 aliphatic heterocycles. The molecule has 6 aromatic carbocycles. The molecule has 7 aromatic rings. The summed E-state index contributed by atoms with van der Waals surface area (Å²) in [5, 5.41) is 1.43. The second kappa shape index (κ2) is 15.0. The molecule has 0 atom stereocenters. The van der Waals surface area contributed by atoms with E-state index in [2.05, 4.69) is 235 Å². The fourth-order valence-electron chi connectivity index (χ4n) is 13.8. The van der Waals surface area contributed by atoms with E-state index in [0.29, 0.717) is 0 Å². The monoisotopic (exact) mass is 953 g/mol. The summed E-state index contributed by atoms with van der Waals surface area (Å²) in [5.74, 6) is 0. The maximum atomic E-state index is 2.84. The predicted molar refractivity (Wildman–Crippen MR) is 311 cm³/mol. The minimum Gasteiger partial charge on any atom is -0.311 e. The second-order valence-corrected chi connectivity index (χ2v) is 29.0. The van der Waals surface area contributed by atoms with Gasteiger partial charge in [-0.2, -0.15) is 0 Å². The van der Waals surface area contributed by atoms with Crippen molar-refractivity contribution >= 4 is 78.0 Å². The summed E-state index contributed by atoms with van der Waals surface area (Å²) >= 11 is 2.10. The first-order valence-electron chi connectivity index (χ1n) is 27.1. The molecule has 2 nitrogen and oxygen atoms in total. The van der Waals surface area contributed by atoms with Crippen LogP contribution in [0.4, 0.5) is 34.1 Å². The molecule has 0 unspecified atom stereocenters. The summed E-state index contributed by atoms with van der Waals surface area (Å²) in [6.07, 6.45) is 7.44. The Balaban J connectivity index is 1.27. The lowest BCUT2D eigenvalue weighted by Crippen LogP contribution is -2.60. The third-order valence-corrected chi connectivity index (χ3v) is 20.1. The highest BCUT2D eigenvalue weighted by atomic mass is 32.1. The Morgan fingerprint density at radius 3 is 1.59 bits per heavy atom. The molecule has 4 heteroatoms. The highest BCUT2D eigenvalue weighted by Gasteiger charge is 2.51. The van der Waals surface area contributed by atoms with Crippen molar-refractivity contribution in [1.29, 1.82) is 0 Å². The van der Waals surface area contributed by atoms with E-state index in [1.54, 1.807) is 11.1 Å². The Hall–Kier alpha value is -5.06. The van der Waals surface area contributed by atoms with Gasteiger partial charge >= 0.3 is 0 Å². The van der Waals surface area contributed by atoms with Crippen LogP contribution in [-0.2, 0) is 37.9 Å². The molecule has 6 aliphatic rings. The molecule has 0 radical (unpaired) electrons. The zero-order valence-corrected chi connectivity index (χ0v) is 46.8. The van der Waals surface area contributed by atoms with E-state index < -0.39 is 0 Å². The third-order valence-electron chi connectivity index (χ3n) is 18.9. The minimum absolute atomic E-state index is 0.0233. The van der Waals surface area contributed by atoms with Crippen LogP contribution in [0.1, 0.15) is 187 Å². The number of anilines is 6. The quantitative estimate of drug-likeness (QED) is 0.163. The van der Waals surface area contributed by atoms with Crippen LogP contribution >= 0.6 is 11.3 Å². The summed E-state index contributed by atoms with van der Waals surface area (Å²) in [7, 11) is 0. The fourth-order valence-corrected chi connectivity index (χ4v) is 15.2. The van der Waals surface area contributed by atoms with Gasteiger partial charge in [0, 0.05) is 43.2 Å². The van der Waals surface area contributed by atoms with Gasteiger partial charge in [0.05, 0.1) is 11.4 Å². The van der Waals surface area contributed by atoms with E-state index in [4.69, 9.17) is 0 Å². The highest BCUT2D eigenvalue weighted by Crippen LogP contribution is 2.60. The molecule has 3 heterocycles. The summed E-state index contributed by atoms with van der Waals surface area (Å²) in [4.78, 5) is 5.52. The summed E-state index contributed by atoms with van der Waals surface area (Å²) in [6.45, 7) is 39.0. The molecular formula is C67H77BN2S.